The van der Waals surface area contributed by atoms with Crippen LogP contribution in [0.3, 0.4) is 0 Å². The number of nitrogens with one attached hydrogen (secondary N) is 1. The Balaban J connectivity index is 2.03. The zero-order chi connectivity index (χ0) is 14.1. The molecule has 1 N–H and O–H groups in total. The third kappa shape index (κ3) is 2.18. The minimum absolute atomic E-state index is 0.00731. The number of carbonyl (C=O) groups is 2. The van der Waals surface area contributed by atoms with Crippen LogP contribution in [-0.2, 0) is 11.2 Å². The van der Waals surface area contributed by atoms with E-state index in [4.69, 9.17) is 0 Å². The Morgan fingerprint density at radius 2 is 2.15 bits per heavy atom. The highest BCUT2D eigenvalue weighted by atomic mass is 19.1. The zero-order valence-electron chi connectivity index (χ0n) is 10.5. The van der Waals surface area contributed by atoms with Gasteiger partial charge in [0.25, 0.3) is 0 Å². The number of aryl methyl sites for hydroxylation is 1. The van der Waals surface area contributed by atoms with Gasteiger partial charge in [-0.1, -0.05) is 0 Å². The maximum atomic E-state index is 14.0. The van der Waals surface area contributed by atoms with Crippen molar-refractivity contribution >= 4 is 17.4 Å². The number of amides is 1. The summed E-state index contributed by atoms with van der Waals surface area (Å²) in [7, 11) is 0. The summed E-state index contributed by atoms with van der Waals surface area (Å²) >= 11 is 0. The molecule has 2 heterocycles. The number of pyridine rings is 1. The van der Waals surface area contributed by atoms with E-state index < -0.39 is 11.6 Å². The van der Waals surface area contributed by atoms with Crippen LogP contribution in [0.5, 0.6) is 0 Å². The number of carbonyl (C=O) groups excluding carboxylic acids is 2. The minimum atomic E-state index is -0.639. The topological polar surface area (TPSA) is 59.1 Å². The van der Waals surface area contributed by atoms with Crippen molar-refractivity contribution in [2.24, 2.45) is 0 Å². The quantitative estimate of drug-likeness (QED) is 0.852. The number of benzene rings is 1. The number of fused-ring (bicyclic) bond motifs is 1. The third-order valence-corrected chi connectivity index (χ3v) is 3.26. The van der Waals surface area contributed by atoms with E-state index in [0.29, 0.717) is 24.1 Å². The van der Waals surface area contributed by atoms with Crippen LogP contribution in [0.1, 0.15) is 27.9 Å². The first kappa shape index (κ1) is 12.5. The van der Waals surface area contributed by atoms with E-state index >= 15 is 0 Å². The van der Waals surface area contributed by atoms with Crippen molar-refractivity contribution in [1.82, 2.24) is 4.98 Å². The Morgan fingerprint density at radius 1 is 1.30 bits per heavy atom. The second-order valence-corrected chi connectivity index (χ2v) is 4.61. The SMILES string of the molecule is O=C1CCc2cc(C(=O)c3cccnc3)c(F)cc2N1. The largest absolute Gasteiger partial charge is 0.326 e. The molecule has 0 radical (unpaired) electrons. The number of nitrogens with zero attached hydrogens (tertiary/aromatic N) is 1. The van der Waals surface area contributed by atoms with E-state index in [1.54, 1.807) is 18.3 Å². The molecule has 0 aliphatic carbocycles. The standard InChI is InChI=1S/C15H11FN2O2/c16-12-7-13-9(3-4-14(19)18-13)6-11(12)15(20)10-2-1-5-17-8-10/h1-2,5-8H,3-4H2,(H,18,19). The normalized spacial score (nSPS) is 13.6. The Bertz CT molecular complexity index is 699. The monoisotopic (exact) mass is 270 g/mol. The number of halogens is 1. The first-order chi connectivity index (χ1) is 9.65. The van der Waals surface area contributed by atoms with E-state index in [1.807, 2.05) is 0 Å². The second-order valence-electron chi connectivity index (χ2n) is 4.61. The smallest absolute Gasteiger partial charge is 0.224 e. The fourth-order valence-electron chi connectivity index (χ4n) is 2.23. The van der Waals surface area contributed by atoms with Crippen molar-refractivity contribution in [3.05, 3.63) is 59.2 Å². The molecule has 0 atom stereocenters. The maximum Gasteiger partial charge on any atom is 0.224 e. The molecule has 20 heavy (non-hydrogen) atoms. The predicted molar refractivity (Wildman–Crippen MR) is 71.0 cm³/mol. The zero-order valence-corrected chi connectivity index (χ0v) is 10.5. The Kier molecular flexibility index (Phi) is 3.02. The average Bonchev–Trinajstić information content (AvgIpc) is 2.46. The van der Waals surface area contributed by atoms with Gasteiger partial charge < -0.3 is 5.32 Å². The number of ketones is 1. The molecule has 1 aliphatic rings. The Hall–Kier alpha value is -2.56. The van der Waals surface area contributed by atoms with Crippen molar-refractivity contribution in [2.75, 3.05) is 5.32 Å². The number of anilines is 1. The van der Waals surface area contributed by atoms with Crippen LogP contribution in [0.4, 0.5) is 10.1 Å². The van der Waals surface area contributed by atoms with Crippen molar-refractivity contribution in [2.45, 2.75) is 12.8 Å². The Morgan fingerprint density at radius 3 is 2.90 bits per heavy atom. The molecule has 0 bridgehead atoms. The molecule has 0 fully saturated rings. The van der Waals surface area contributed by atoms with Crippen LogP contribution in [0.2, 0.25) is 0 Å². The molecule has 0 saturated carbocycles. The van der Waals surface area contributed by atoms with E-state index in [0.717, 1.165) is 5.56 Å². The van der Waals surface area contributed by atoms with Crippen LogP contribution in [-0.4, -0.2) is 16.7 Å². The lowest BCUT2D eigenvalue weighted by atomic mass is 9.96. The van der Waals surface area contributed by atoms with E-state index in [2.05, 4.69) is 10.3 Å². The van der Waals surface area contributed by atoms with E-state index in [1.165, 1.54) is 18.3 Å². The van der Waals surface area contributed by atoms with E-state index in [9.17, 15) is 14.0 Å². The van der Waals surface area contributed by atoms with Gasteiger partial charge in [-0.05, 0) is 36.2 Å². The summed E-state index contributed by atoms with van der Waals surface area (Å²) in [5.74, 6) is -1.18. The van der Waals surface area contributed by atoms with Gasteiger partial charge in [0, 0.05) is 30.1 Å². The summed E-state index contributed by atoms with van der Waals surface area (Å²) in [5, 5.41) is 2.60. The minimum Gasteiger partial charge on any atom is -0.326 e. The van der Waals surface area contributed by atoms with Crippen LogP contribution in [0.25, 0.3) is 0 Å². The lowest BCUT2D eigenvalue weighted by molar-refractivity contribution is -0.116. The predicted octanol–water partition coefficient (Wildman–Crippen LogP) is 2.34. The number of hydrogen-bond acceptors (Lipinski definition) is 3. The molecule has 1 amide bonds. The maximum absolute atomic E-state index is 14.0. The lowest BCUT2D eigenvalue weighted by Crippen LogP contribution is -2.20. The van der Waals surface area contributed by atoms with Gasteiger partial charge >= 0.3 is 0 Å². The molecule has 5 heteroatoms. The molecule has 4 nitrogen and oxygen atoms in total. The molecule has 1 aromatic heterocycles. The number of rotatable bonds is 2. The van der Waals surface area contributed by atoms with Gasteiger partial charge in [-0.15, -0.1) is 0 Å². The highest BCUT2D eigenvalue weighted by molar-refractivity contribution is 6.09. The van der Waals surface area contributed by atoms with Crippen LogP contribution in [0, 0.1) is 5.82 Å². The van der Waals surface area contributed by atoms with Crippen LogP contribution in [0.15, 0.2) is 36.7 Å². The van der Waals surface area contributed by atoms with Crippen molar-refractivity contribution in [3.63, 3.8) is 0 Å². The highest BCUT2D eigenvalue weighted by Crippen LogP contribution is 2.27. The summed E-state index contributed by atoms with van der Waals surface area (Å²) in [6.07, 6.45) is 3.81. The summed E-state index contributed by atoms with van der Waals surface area (Å²) in [5.41, 5.74) is 1.57. The average molecular weight is 270 g/mol. The van der Waals surface area contributed by atoms with Gasteiger partial charge in [0.2, 0.25) is 5.91 Å². The first-order valence-electron chi connectivity index (χ1n) is 6.22. The highest BCUT2D eigenvalue weighted by Gasteiger charge is 2.21. The van der Waals surface area contributed by atoms with Gasteiger partial charge in [0.05, 0.1) is 5.56 Å². The fraction of sp³-hybridized carbons (Fsp3) is 0.133. The fourth-order valence-corrected chi connectivity index (χ4v) is 2.23. The van der Waals surface area contributed by atoms with Crippen LogP contribution >= 0.6 is 0 Å². The molecule has 1 aliphatic heterocycles. The molecular weight excluding hydrogens is 259 g/mol. The Labute approximate surface area is 114 Å². The van der Waals surface area contributed by atoms with Gasteiger partial charge in [0.15, 0.2) is 5.78 Å². The molecule has 0 unspecified atom stereocenters. The molecule has 0 spiro atoms. The number of hydrogen-bond donors (Lipinski definition) is 1. The van der Waals surface area contributed by atoms with Gasteiger partial charge in [-0.2, -0.15) is 0 Å². The summed E-state index contributed by atoms with van der Waals surface area (Å²) < 4.78 is 14.0. The molecule has 1 aromatic carbocycles. The second kappa shape index (κ2) is 4.85. The first-order valence-corrected chi connectivity index (χ1v) is 6.22. The molecule has 100 valence electrons. The van der Waals surface area contributed by atoms with Gasteiger partial charge in [-0.25, -0.2) is 4.39 Å². The lowest BCUT2D eigenvalue weighted by Gasteiger charge is -2.17. The molecule has 3 rings (SSSR count). The molecular formula is C15H11FN2O2. The summed E-state index contributed by atoms with van der Waals surface area (Å²) in [6.45, 7) is 0. The summed E-state index contributed by atoms with van der Waals surface area (Å²) in [6, 6.07) is 5.94. The van der Waals surface area contributed by atoms with Crippen LogP contribution < -0.4 is 5.32 Å². The van der Waals surface area contributed by atoms with Gasteiger partial charge in [-0.3, -0.25) is 14.6 Å². The van der Waals surface area contributed by atoms with Crippen molar-refractivity contribution in [3.8, 4) is 0 Å². The van der Waals surface area contributed by atoms with Gasteiger partial charge in [0.1, 0.15) is 5.82 Å². The number of aromatic nitrogens is 1. The summed E-state index contributed by atoms with van der Waals surface area (Å²) in [4.78, 5) is 27.4. The van der Waals surface area contributed by atoms with E-state index in [-0.39, 0.29) is 11.5 Å². The third-order valence-electron chi connectivity index (χ3n) is 3.26. The van der Waals surface area contributed by atoms with Crippen molar-refractivity contribution in [1.29, 1.82) is 0 Å². The molecule has 0 saturated heterocycles. The van der Waals surface area contributed by atoms with Crippen molar-refractivity contribution < 1.29 is 14.0 Å². The molecule has 2 aromatic rings.